The van der Waals surface area contributed by atoms with Crippen molar-refractivity contribution in [1.29, 1.82) is 0 Å². The molecule has 0 unspecified atom stereocenters. The standard InChI is InChI=1S/C18H18BrNOS.ClH/c19-16-6-7-18-17(10-16)15(13-22-18)12-20(8-9-21)11-14-4-2-1-3-5-14;/h1-7,10,13,21H,8-9,11-12H2;1H. The van der Waals surface area contributed by atoms with Gasteiger partial charge in [0.1, 0.15) is 0 Å². The van der Waals surface area contributed by atoms with E-state index in [2.05, 4.69) is 68.7 Å². The Balaban J connectivity index is 0.00000192. The number of halogens is 2. The molecule has 5 heteroatoms. The molecule has 0 aliphatic heterocycles. The van der Waals surface area contributed by atoms with Crippen LogP contribution < -0.4 is 0 Å². The average Bonchev–Trinajstić information content (AvgIpc) is 2.91. The molecule has 23 heavy (non-hydrogen) atoms. The first-order chi connectivity index (χ1) is 10.8. The molecule has 0 saturated carbocycles. The summed E-state index contributed by atoms with van der Waals surface area (Å²) in [7, 11) is 0. The number of hydrogen-bond donors (Lipinski definition) is 1. The second kappa shape index (κ2) is 8.81. The van der Waals surface area contributed by atoms with E-state index >= 15 is 0 Å². The first-order valence-electron chi connectivity index (χ1n) is 7.29. The zero-order valence-corrected chi connectivity index (χ0v) is 15.8. The van der Waals surface area contributed by atoms with Crippen LogP contribution in [0.15, 0.2) is 58.4 Å². The molecule has 122 valence electrons. The summed E-state index contributed by atoms with van der Waals surface area (Å²) in [5, 5.41) is 12.9. The molecular weight excluding hydrogens is 394 g/mol. The van der Waals surface area contributed by atoms with Gasteiger partial charge in [0.05, 0.1) is 6.61 Å². The van der Waals surface area contributed by atoms with Crippen LogP contribution in [0.5, 0.6) is 0 Å². The largest absolute Gasteiger partial charge is 0.395 e. The fourth-order valence-corrected chi connectivity index (χ4v) is 3.91. The van der Waals surface area contributed by atoms with Crippen molar-refractivity contribution in [1.82, 2.24) is 4.90 Å². The molecule has 1 N–H and O–H groups in total. The second-order valence-electron chi connectivity index (χ2n) is 5.32. The highest BCUT2D eigenvalue weighted by molar-refractivity contribution is 9.10. The van der Waals surface area contributed by atoms with Gasteiger partial charge < -0.3 is 5.11 Å². The zero-order chi connectivity index (χ0) is 15.4. The number of benzene rings is 2. The average molecular weight is 413 g/mol. The Hall–Kier alpha value is -0.910. The van der Waals surface area contributed by atoms with Gasteiger partial charge in [0.25, 0.3) is 0 Å². The molecule has 2 nitrogen and oxygen atoms in total. The molecule has 0 fully saturated rings. The fraction of sp³-hybridized carbons (Fsp3) is 0.222. The SMILES string of the molecule is Cl.OCCN(Cc1ccccc1)Cc1csc2ccc(Br)cc12. The third-order valence-electron chi connectivity index (χ3n) is 3.67. The van der Waals surface area contributed by atoms with E-state index in [9.17, 15) is 5.11 Å². The van der Waals surface area contributed by atoms with Crippen molar-refractivity contribution in [2.75, 3.05) is 13.2 Å². The number of fused-ring (bicyclic) bond motifs is 1. The van der Waals surface area contributed by atoms with Crippen molar-refractivity contribution < 1.29 is 5.11 Å². The van der Waals surface area contributed by atoms with E-state index in [1.165, 1.54) is 21.2 Å². The molecule has 0 spiro atoms. The summed E-state index contributed by atoms with van der Waals surface area (Å²) in [5.74, 6) is 0. The van der Waals surface area contributed by atoms with Crippen LogP contribution >= 0.6 is 39.7 Å². The van der Waals surface area contributed by atoms with Gasteiger partial charge in [-0.1, -0.05) is 46.3 Å². The van der Waals surface area contributed by atoms with Crippen molar-refractivity contribution in [3.63, 3.8) is 0 Å². The van der Waals surface area contributed by atoms with Crippen LogP contribution in [0.1, 0.15) is 11.1 Å². The topological polar surface area (TPSA) is 23.5 Å². The van der Waals surface area contributed by atoms with E-state index in [0.29, 0.717) is 6.54 Å². The van der Waals surface area contributed by atoms with E-state index in [0.717, 1.165) is 17.6 Å². The van der Waals surface area contributed by atoms with Gasteiger partial charge >= 0.3 is 0 Å². The fourth-order valence-electron chi connectivity index (χ4n) is 2.61. The van der Waals surface area contributed by atoms with Crippen LogP contribution in [0.25, 0.3) is 10.1 Å². The summed E-state index contributed by atoms with van der Waals surface area (Å²) in [6, 6.07) is 16.8. The molecule has 2 aromatic carbocycles. The van der Waals surface area contributed by atoms with Gasteiger partial charge in [-0.25, -0.2) is 0 Å². The van der Waals surface area contributed by atoms with Crippen LogP contribution in [0.4, 0.5) is 0 Å². The molecule has 1 aromatic heterocycles. The van der Waals surface area contributed by atoms with E-state index in [-0.39, 0.29) is 19.0 Å². The van der Waals surface area contributed by atoms with Crippen molar-refractivity contribution in [3.8, 4) is 0 Å². The Morgan fingerprint density at radius 3 is 2.57 bits per heavy atom. The Kier molecular flexibility index (Phi) is 7.06. The van der Waals surface area contributed by atoms with Crippen LogP contribution in [0, 0.1) is 0 Å². The van der Waals surface area contributed by atoms with Crippen LogP contribution in [-0.4, -0.2) is 23.2 Å². The number of aliphatic hydroxyl groups excluding tert-OH is 1. The smallest absolute Gasteiger partial charge is 0.0558 e. The lowest BCUT2D eigenvalue weighted by molar-refractivity contribution is 0.185. The van der Waals surface area contributed by atoms with Gasteiger partial charge in [0.15, 0.2) is 0 Å². The summed E-state index contributed by atoms with van der Waals surface area (Å²) in [6.07, 6.45) is 0. The van der Waals surface area contributed by atoms with Gasteiger partial charge in [-0.3, -0.25) is 4.90 Å². The Morgan fingerprint density at radius 1 is 1.04 bits per heavy atom. The van der Waals surface area contributed by atoms with E-state index in [1.807, 2.05) is 6.07 Å². The highest BCUT2D eigenvalue weighted by atomic mass is 79.9. The Morgan fingerprint density at radius 2 is 1.83 bits per heavy atom. The lowest BCUT2D eigenvalue weighted by Gasteiger charge is -2.21. The number of rotatable bonds is 6. The molecule has 0 amide bonds. The van der Waals surface area contributed by atoms with Crippen molar-refractivity contribution >= 4 is 49.8 Å². The quantitative estimate of drug-likeness (QED) is 0.610. The molecule has 3 rings (SSSR count). The third-order valence-corrected chi connectivity index (χ3v) is 5.18. The molecule has 0 radical (unpaired) electrons. The van der Waals surface area contributed by atoms with Gasteiger partial charge in [-0.2, -0.15) is 0 Å². The van der Waals surface area contributed by atoms with Crippen molar-refractivity contribution in [2.45, 2.75) is 13.1 Å². The number of thiophene rings is 1. The molecule has 1 heterocycles. The first-order valence-corrected chi connectivity index (χ1v) is 8.96. The van der Waals surface area contributed by atoms with E-state index in [4.69, 9.17) is 0 Å². The van der Waals surface area contributed by atoms with Crippen LogP contribution in [-0.2, 0) is 13.1 Å². The predicted molar refractivity (Wildman–Crippen MR) is 104 cm³/mol. The molecular formula is C18H19BrClNOS. The number of nitrogens with zero attached hydrogens (tertiary/aromatic N) is 1. The van der Waals surface area contributed by atoms with Crippen molar-refractivity contribution in [2.24, 2.45) is 0 Å². The minimum atomic E-state index is 0. The molecule has 3 aromatic rings. The number of aliphatic hydroxyl groups is 1. The maximum atomic E-state index is 9.35. The molecule has 0 atom stereocenters. The minimum absolute atomic E-state index is 0. The highest BCUT2D eigenvalue weighted by Gasteiger charge is 2.11. The Labute approximate surface area is 155 Å². The summed E-state index contributed by atoms with van der Waals surface area (Å²) in [4.78, 5) is 2.29. The maximum absolute atomic E-state index is 9.35. The molecule has 0 aliphatic carbocycles. The van der Waals surface area contributed by atoms with E-state index < -0.39 is 0 Å². The zero-order valence-electron chi connectivity index (χ0n) is 12.6. The summed E-state index contributed by atoms with van der Waals surface area (Å²) >= 11 is 5.33. The van der Waals surface area contributed by atoms with Crippen LogP contribution in [0.2, 0.25) is 0 Å². The lowest BCUT2D eigenvalue weighted by atomic mass is 10.1. The normalized spacial score (nSPS) is 10.9. The van der Waals surface area contributed by atoms with Gasteiger partial charge in [0, 0.05) is 28.8 Å². The van der Waals surface area contributed by atoms with Gasteiger partial charge in [-0.15, -0.1) is 23.7 Å². The van der Waals surface area contributed by atoms with Gasteiger partial charge in [-0.05, 0) is 40.1 Å². The monoisotopic (exact) mass is 411 g/mol. The third kappa shape index (κ3) is 4.78. The summed E-state index contributed by atoms with van der Waals surface area (Å²) < 4.78 is 2.42. The van der Waals surface area contributed by atoms with E-state index in [1.54, 1.807) is 11.3 Å². The minimum Gasteiger partial charge on any atom is -0.395 e. The maximum Gasteiger partial charge on any atom is 0.0558 e. The second-order valence-corrected chi connectivity index (χ2v) is 7.15. The summed E-state index contributed by atoms with van der Waals surface area (Å²) in [6.45, 7) is 2.57. The lowest BCUT2D eigenvalue weighted by Crippen LogP contribution is -2.25. The molecule has 0 bridgehead atoms. The van der Waals surface area contributed by atoms with Crippen molar-refractivity contribution in [3.05, 3.63) is 69.5 Å². The Bertz CT molecular complexity index is 747. The first kappa shape index (κ1) is 18.4. The number of hydrogen-bond acceptors (Lipinski definition) is 3. The highest BCUT2D eigenvalue weighted by Crippen LogP contribution is 2.29. The van der Waals surface area contributed by atoms with Crippen LogP contribution in [0.3, 0.4) is 0 Å². The van der Waals surface area contributed by atoms with Gasteiger partial charge in [0.2, 0.25) is 0 Å². The predicted octanol–water partition coefficient (Wildman–Crippen LogP) is 5.08. The molecule has 0 saturated heterocycles. The molecule has 0 aliphatic rings. The summed E-state index contributed by atoms with van der Waals surface area (Å²) in [5.41, 5.74) is 2.60.